The number of nitro groups is 1. The smallest absolute Gasteiger partial charge is 0.354 e. The van der Waals surface area contributed by atoms with Crippen molar-refractivity contribution in [3.63, 3.8) is 0 Å². The fourth-order valence-corrected chi connectivity index (χ4v) is 3.89. The second-order valence-electron chi connectivity index (χ2n) is 7.73. The Kier molecular flexibility index (Phi) is 6.33. The summed E-state index contributed by atoms with van der Waals surface area (Å²) in [5.74, 6) is 1.43. The molecule has 11 heteroatoms. The molecule has 2 fully saturated rings. The number of aromatic nitrogens is 2. The number of nitrogens with one attached hydrogen (secondary N) is 1. The van der Waals surface area contributed by atoms with Crippen LogP contribution in [0.3, 0.4) is 0 Å². The lowest BCUT2D eigenvalue weighted by Gasteiger charge is -2.36. The first kappa shape index (κ1) is 21.1. The number of piperazine rings is 2. The molecular weight excluding hydrogens is 400 g/mol. The molecule has 1 N–H and O–H groups in total. The largest absolute Gasteiger partial charge is 0.497 e. The van der Waals surface area contributed by atoms with Crippen molar-refractivity contribution >= 4 is 23.0 Å². The summed E-state index contributed by atoms with van der Waals surface area (Å²) in [7, 11) is 3.71. The predicted molar refractivity (Wildman–Crippen MR) is 119 cm³/mol. The van der Waals surface area contributed by atoms with Crippen molar-refractivity contribution in [1.29, 1.82) is 0 Å². The standard InChI is InChI=1S/C20H28N8O3/c1-24-7-13-27(14-8-24)23-19-18(28(29)30)20(22-15-21-19)26-11-9-25(10-12-26)16-3-5-17(31-2)6-4-16/h3-6,15H,7-14H2,1-2H3,(H,21,22,23). The Morgan fingerprint density at radius 3 is 2.23 bits per heavy atom. The van der Waals surface area contributed by atoms with Crippen LogP contribution in [0.5, 0.6) is 5.75 Å². The van der Waals surface area contributed by atoms with Crippen LogP contribution in [0.15, 0.2) is 30.6 Å². The number of nitrogens with zero attached hydrogens (tertiary/aromatic N) is 7. The summed E-state index contributed by atoms with van der Waals surface area (Å²) in [5, 5.41) is 13.9. The van der Waals surface area contributed by atoms with Crippen molar-refractivity contribution in [2.75, 3.05) is 81.7 Å². The minimum Gasteiger partial charge on any atom is -0.497 e. The van der Waals surface area contributed by atoms with Crippen molar-refractivity contribution < 1.29 is 9.66 Å². The van der Waals surface area contributed by atoms with Crippen LogP contribution in [0.2, 0.25) is 0 Å². The number of anilines is 3. The predicted octanol–water partition coefficient (Wildman–Crippen LogP) is 1.29. The topological polar surface area (TPSA) is 103 Å². The number of rotatable bonds is 6. The van der Waals surface area contributed by atoms with Crippen LogP contribution in [0, 0.1) is 10.1 Å². The Balaban J connectivity index is 1.47. The van der Waals surface area contributed by atoms with E-state index >= 15 is 0 Å². The van der Waals surface area contributed by atoms with Crippen molar-refractivity contribution in [3.8, 4) is 5.75 Å². The second-order valence-corrected chi connectivity index (χ2v) is 7.73. The first-order chi connectivity index (χ1) is 15.0. The minimum absolute atomic E-state index is 0.0701. The van der Waals surface area contributed by atoms with Crippen molar-refractivity contribution in [3.05, 3.63) is 40.7 Å². The van der Waals surface area contributed by atoms with Gasteiger partial charge in [-0.1, -0.05) is 0 Å². The quantitative estimate of drug-likeness (QED) is 0.535. The highest BCUT2D eigenvalue weighted by Gasteiger charge is 2.30. The molecule has 0 bridgehead atoms. The van der Waals surface area contributed by atoms with Crippen LogP contribution in [0.25, 0.3) is 0 Å². The lowest BCUT2D eigenvalue weighted by Crippen LogP contribution is -2.48. The summed E-state index contributed by atoms with van der Waals surface area (Å²) < 4.78 is 5.22. The van der Waals surface area contributed by atoms with Crippen molar-refractivity contribution in [2.24, 2.45) is 0 Å². The third-order valence-corrected chi connectivity index (χ3v) is 5.77. The zero-order valence-corrected chi connectivity index (χ0v) is 17.9. The zero-order chi connectivity index (χ0) is 21.8. The van der Waals surface area contributed by atoms with Crippen molar-refractivity contribution in [2.45, 2.75) is 0 Å². The highest BCUT2D eigenvalue weighted by Crippen LogP contribution is 2.33. The van der Waals surface area contributed by atoms with E-state index in [1.54, 1.807) is 7.11 Å². The summed E-state index contributed by atoms with van der Waals surface area (Å²) in [6.07, 6.45) is 1.40. The van der Waals surface area contributed by atoms with Crippen LogP contribution in [0.1, 0.15) is 0 Å². The van der Waals surface area contributed by atoms with E-state index in [9.17, 15) is 10.1 Å². The second kappa shape index (κ2) is 9.31. The summed E-state index contributed by atoms with van der Waals surface area (Å²) in [6, 6.07) is 7.93. The first-order valence-corrected chi connectivity index (χ1v) is 10.4. The average molecular weight is 428 g/mol. The molecule has 1 aromatic carbocycles. The van der Waals surface area contributed by atoms with E-state index in [1.807, 2.05) is 34.2 Å². The van der Waals surface area contributed by atoms with Gasteiger partial charge < -0.3 is 19.4 Å². The van der Waals surface area contributed by atoms with Gasteiger partial charge >= 0.3 is 5.69 Å². The maximum atomic E-state index is 11.9. The molecule has 0 spiro atoms. The highest BCUT2D eigenvalue weighted by molar-refractivity contribution is 5.70. The third kappa shape index (κ3) is 4.78. The molecule has 0 radical (unpaired) electrons. The molecule has 0 amide bonds. The van der Waals surface area contributed by atoms with E-state index in [2.05, 4.69) is 32.2 Å². The fraction of sp³-hybridized carbons (Fsp3) is 0.500. The number of methoxy groups -OCH3 is 1. The van der Waals surface area contributed by atoms with E-state index in [-0.39, 0.29) is 16.4 Å². The van der Waals surface area contributed by atoms with E-state index in [0.717, 1.165) is 50.7 Å². The molecule has 2 aliphatic heterocycles. The third-order valence-electron chi connectivity index (χ3n) is 5.77. The lowest BCUT2D eigenvalue weighted by atomic mass is 10.2. The molecule has 0 unspecified atom stereocenters. The van der Waals surface area contributed by atoms with Crippen LogP contribution in [-0.2, 0) is 0 Å². The summed E-state index contributed by atoms with van der Waals surface area (Å²) >= 11 is 0. The molecule has 3 heterocycles. The van der Waals surface area contributed by atoms with Gasteiger partial charge in [-0.3, -0.25) is 15.5 Å². The molecule has 0 atom stereocenters. The normalized spacial score (nSPS) is 18.1. The Bertz CT molecular complexity index is 894. The molecule has 4 rings (SSSR count). The van der Waals surface area contributed by atoms with Gasteiger partial charge in [0.05, 0.1) is 12.0 Å². The number of benzene rings is 1. The minimum atomic E-state index is -0.385. The summed E-state index contributed by atoms with van der Waals surface area (Å²) in [5.41, 5.74) is 4.18. The van der Waals surface area contributed by atoms with Gasteiger partial charge in [-0.2, -0.15) is 0 Å². The summed E-state index contributed by atoms with van der Waals surface area (Å²) in [6.45, 7) is 6.10. The Morgan fingerprint density at radius 1 is 0.968 bits per heavy atom. The number of likely N-dealkylation sites (N-methyl/N-ethyl adjacent to an activating group) is 1. The van der Waals surface area contributed by atoms with Gasteiger partial charge in [-0.05, 0) is 31.3 Å². The SMILES string of the molecule is COc1ccc(N2CCN(c3ncnc(NN4CCN(C)CC4)c3[N+](=O)[O-])CC2)cc1. The first-order valence-electron chi connectivity index (χ1n) is 10.4. The Hall–Kier alpha value is -3.18. The average Bonchev–Trinajstić information content (AvgIpc) is 2.80. The molecule has 166 valence electrons. The maximum absolute atomic E-state index is 11.9. The van der Waals surface area contributed by atoms with E-state index in [1.165, 1.54) is 6.33 Å². The number of ether oxygens (including phenoxy) is 1. The Morgan fingerprint density at radius 2 is 1.61 bits per heavy atom. The van der Waals surface area contributed by atoms with Gasteiger partial charge in [-0.25, -0.2) is 15.0 Å². The number of hydrogen-bond donors (Lipinski definition) is 1. The van der Waals surface area contributed by atoms with Crippen LogP contribution < -0.4 is 20.0 Å². The molecule has 31 heavy (non-hydrogen) atoms. The van der Waals surface area contributed by atoms with Crippen LogP contribution in [0.4, 0.5) is 23.0 Å². The molecule has 1 aromatic heterocycles. The monoisotopic (exact) mass is 428 g/mol. The number of hydrogen-bond acceptors (Lipinski definition) is 10. The maximum Gasteiger partial charge on any atom is 0.354 e. The fourth-order valence-electron chi connectivity index (χ4n) is 3.89. The van der Waals surface area contributed by atoms with E-state index < -0.39 is 0 Å². The molecule has 2 aliphatic rings. The Labute approximate surface area is 181 Å². The molecule has 0 aliphatic carbocycles. The molecule has 11 nitrogen and oxygen atoms in total. The van der Waals surface area contributed by atoms with Crippen LogP contribution >= 0.6 is 0 Å². The van der Waals surface area contributed by atoms with E-state index in [4.69, 9.17) is 4.74 Å². The molecule has 0 saturated carbocycles. The van der Waals surface area contributed by atoms with Gasteiger partial charge in [0, 0.05) is 58.0 Å². The highest BCUT2D eigenvalue weighted by atomic mass is 16.6. The lowest BCUT2D eigenvalue weighted by molar-refractivity contribution is -0.383. The molecular formula is C20H28N8O3. The molecule has 2 aromatic rings. The van der Waals surface area contributed by atoms with Gasteiger partial charge in [0.25, 0.3) is 0 Å². The van der Waals surface area contributed by atoms with Gasteiger partial charge in [0.15, 0.2) is 0 Å². The molecule has 2 saturated heterocycles. The van der Waals surface area contributed by atoms with E-state index in [0.29, 0.717) is 18.9 Å². The van der Waals surface area contributed by atoms with Gasteiger partial charge in [0.2, 0.25) is 11.6 Å². The zero-order valence-electron chi connectivity index (χ0n) is 17.9. The van der Waals surface area contributed by atoms with Crippen molar-refractivity contribution in [1.82, 2.24) is 19.9 Å². The number of hydrazine groups is 1. The summed E-state index contributed by atoms with van der Waals surface area (Å²) in [4.78, 5) is 26.5. The van der Waals surface area contributed by atoms with Crippen LogP contribution in [-0.4, -0.2) is 91.3 Å². The van der Waals surface area contributed by atoms with Gasteiger partial charge in [0.1, 0.15) is 12.1 Å². The van der Waals surface area contributed by atoms with Gasteiger partial charge in [-0.15, -0.1) is 0 Å².